The third-order valence-corrected chi connectivity index (χ3v) is 4.32. The second-order valence-electron chi connectivity index (χ2n) is 6.07. The van der Waals surface area contributed by atoms with Crippen LogP contribution in [0.5, 0.6) is 11.5 Å². The molecule has 24 heavy (non-hydrogen) atoms. The van der Waals surface area contributed by atoms with Crippen molar-refractivity contribution in [1.82, 2.24) is 10.3 Å². The fourth-order valence-electron chi connectivity index (χ4n) is 3.07. The summed E-state index contributed by atoms with van der Waals surface area (Å²) in [6.45, 7) is 1.87. The van der Waals surface area contributed by atoms with Crippen LogP contribution in [0, 0.1) is 0 Å². The average Bonchev–Trinajstić information content (AvgIpc) is 2.99. The first-order valence-electron chi connectivity index (χ1n) is 8.02. The summed E-state index contributed by atoms with van der Waals surface area (Å²) in [7, 11) is 0. The van der Waals surface area contributed by atoms with Gasteiger partial charge in [0.2, 0.25) is 0 Å². The number of aliphatic hydroxyl groups excluding tert-OH is 1. The van der Waals surface area contributed by atoms with Gasteiger partial charge in [-0.05, 0) is 43.2 Å². The number of nitrogens with one attached hydrogen (secondary N) is 2. The van der Waals surface area contributed by atoms with Crippen molar-refractivity contribution in [3.63, 3.8) is 0 Å². The molecule has 0 aliphatic carbocycles. The van der Waals surface area contributed by atoms with Crippen LogP contribution in [0.3, 0.4) is 0 Å². The van der Waals surface area contributed by atoms with Crippen molar-refractivity contribution in [2.24, 2.45) is 0 Å². The highest BCUT2D eigenvalue weighted by Crippen LogP contribution is 2.28. The summed E-state index contributed by atoms with van der Waals surface area (Å²) in [5, 5.41) is 33.8. The molecule has 0 saturated heterocycles. The molecule has 5 N–H and O–H groups in total. The first-order valence-corrected chi connectivity index (χ1v) is 8.02. The quantitative estimate of drug-likeness (QED) is 0.451. The molecule has 0 aliphatic heterocycles. The lowest BCUT2D eigenvalue weighted by molar-refractivity contribution is 0.232. The summed E-state index contributed by atoms with van der Waals surface area (Å²) in [6.07, 6.45) is 2.62. The van der Waals surface area contributed by atoms with Crippen LogP contribution in [-0.4, -0.2) is 33.0 Å². The Hall–Kier alpha value is -2.50. The molecule has 2 atom stereocenters. The molecule has 2 aromatic carbocycles. The number of hydrogen-bond acceptors (Lipinski definition) is 4. The molecule has 5 heteroatoms. The largest absolute Gasteiger partial charge is 0.508 e. The van der Waals surface area contributed by atoms with E-state index in [4.69, 9.17) is 0 Å². The molecule has 0 spiro atoms. The third kappa shape index (κ3) is 3.37. The Labute approximate surface area is 140 Å². The molecule has 3 aromatic rings. The summed E-state index contributed by atoms with van der Waals surface area (Å²) in [6, 6.07) is 12.1. The molecule has 5 nitrogen and oxygen atoms in total. The van der Waals surface area contributed by atoms with E-state index in [1.165, 1.54) is 18.2 Å². The zero-order chi connectivity index (χ0) is 17.1. The summed E-state index contributed by atoms with van der Waals surface area (Å²) < 4.78 is 0. The van der Waals surface area contributed by atoms with Crippen LogP contribution in [0.1, 0.15) is 24.1 Å². The molecular formula is C19H22N2O3. The van der Waals surface area contributed by atoms with Crippen molar-refractivity contribution >= 4 is 10.9 Å². The molecule has 1 aromatic heterocycles. The smallest absolute Gasteiger partial charge is 0.120 e. The van der Waals surface area contributed by atoms with Gasteiger partial charge in [0, 0.05) is 34.7 Å². The number of H-pyrrole nitrogens is 1. The normalized spacial score (nSPS) is 13.9. The monoisotopic (exact) mass is 326 g/mol. The Morgan fingerprint density at radius 2 is 1.92 bits per heavy atom. The lowest BCUT2D eigenvalue weighted by Crippen LogP contribution is -2.36. The van der Waals surface area contributed by atoms with E-state index in [2.05, 4.69) is 16.4 Å². The highest BCUT2D eigenvalue weighted by molar-refractivity contribution is 5.83. The van der Waals surface area contributed by atoms with Gasteiger partial charge in [0.1, 0.15) is 11.5 Å². The van der Waals surface area contributed by atoms with Gasteiger partial charge in [-0.3, -0.25) is 0 Å². The summed E-state index contributed by atoms with van der Waals surface area (Å²) in [4.78, 5) is 3.24. The van der Waals surface area contributed by atoms with E-state index in [-0.39, 0.29) is 30.2 Å². The molecule has 0 saturated carbocycles. The van der Waals surface area contributed by atoms with Crippen LogP contribution in [0.4, 0.5) is 0 Å². The van der Waals surface area contributed by atoms with E-state index in [0.29, 0.717) is 12.0 Å². The third-order valence-electron chi connectivity index (χ3n) is 4.32. The molecule has 0 fully saturated rings. The van der Waals surface area contributed by atoms with Gasteiger partial charge in [0.15, 0.2) is 0 Å². The number of fused-ring (bicyclic) bond motifs is 1. The summed E-state index contributed by atoms with van der Waals surface area (Å²) in [5.74, 6) is 0.227. The van der Waals surface area contributed by atoms with Crippen molar-refractivity contribution in [2.75, 3.05) is 6.61 Å². The maximum atomic E-state index is 9.97. The number of phenols is 2. The lowest BCUT2D eigenvalue weighted by Gasteiger charge is -2.22. The van der Waals surface area contributed by atoms with Crippen LogP contribution >= 0.6 is 0 Å². The number of aromatic amines is 1. The fourth-order valence-corrected chi connectivity index (χ4v) is 3.07. The predicted molar refractivity (Wildman–Crippen MR) is 94.2 cm³/mol. The van der Waals surface area contributed by atoms with Crippen LogP contribution in [0.25, 0.3) is 10.9 Å². The SMILES string of the molecule is CC(NC(CO)Cc1c[nH]c2ccccc12)c1cc(O)ccc1O. The molecule has 126 valence electrons. The van der Waals surface area contributed by atoms with E-state index in [1.54, 1.807) is 0 Å². The van der Waals surface area contributed by atoms with Gasteiger partial charge in [0.25, 0.3) is 0 Å². The number of aromatic hydroxyl groups is 2. The van der Waals surface area contributed by atoms with Gasteiger partial charge in [-0.15, -0.1) is 0 Å². The van der Waals surface area contributed by atoms with Crippen LogP contribution in [-0.2, 0) is 6.42 Å². The van der Waals surface area contributed by atoms with Crippen LogP contribution in [0.2, 0.25) is 0 Å². The molecule has 3 rings (SSSR count). The standard InChI is InChI=1S/C19H22N2O3/c1-12(17-9-15(23)6-7-19(17)24)21-14(11-22)8-13-10-20-18-5-3-2-4-16(13)18/h2-7,9-10,12,14,20-24H,8,11H2,1H3. The number of benzene rings is 2. The number of rotatable bonds is 6. The number of hydrogen-bond donors (Lipinski definition) is 5. The minimum absolute atomic E-state index is 0.0244. The van der Waals surface area contributed by atoms with Gasteiger partial charge in [-0.1, -0.05) is 18.2 Å². The molecule has 2 unspecified atom stereocenters. The zero-order valence-electron chi connectivity index (χ0n) is 13.5. The molecular weight excluding hydrogens is 304 g/mol. The Morgan fingerprint density at radius 1 is 1.12 bits per heavy atom. The first-order chi connectivity index (χ1) is 11.6. The van der Waals surface area contributed by atoms with Crippen molar-refractivity contribution < 1.29 is 15.3 Å². The molecule has 0 radical (unpaired) electrons. The zero-order valence-corrected chi connectivity index (χ0v) is 13.5. The number of aromatic nitrogens is 1. The van der Waals surface area contributed by atoms with Crippen molar-refractivity contribution in [2.45, 2.75) is 25.4 Å². The maximum absolute atomic E-state index is 9.97. The van der Waals surface area contributed by atoms with Gasteiger partial charge in [-0.2, -0.15) is 0 Å². The van der Waals surface area contributed by atoms with Crippen LogP contribution in [0.15, 0.2) is 48.7 Å². The lowest BCUT2D eigenvalue weighted by atomic mass is 10.0. The Balaban J connectivity index is 1.76. The minimum Gasteiger partial charge on any atom is -0.508 e. The number of para-hydroxylation sites is 1. The van der Waals surface area contributed by atoms with Gasteiger partial charge in [-0.25, -0.2) is 0 Å². The van der Waals surface area contributed by atoms with E-state index in [9.17, 15) is 15.3 Å². The highest BCUT2D eigenvalue weighted by Gasteiger charge is 2.17. The average molecular weight is 326 g/mol. The second-order valence-corrected chi connectivity index (χ2v) is 6.07. The first kappa shape index (κ1) is 16.4. The fraction of sp³-hybridized carbons (Fsp3) is 0.263. The highest BCUT2D eigenvalue weighted by atomic mass is 16.3. The van der Waals surface area contributed by atoms with E-state index in [0.717, 1.165) is 16.5 Å². The molecule has 1 heterocycles. The Morgan fingerprint density at radius 3 is 2.71 bits per heavy atom. The number of phenolic OH excluding ortho intramolecular Hbond substituents is 2. The maximum Gasteiger partial charge on any atom is 0.120 e. The predicted octanol–water partition coefficient (Wildman–Crippen LogP) is 2.83. The van der Waals surface area contributed by atoms with Crippen LogP contribution < -0.4 is 5.32 Å². The van der Waals surface area contributed by atoms with E-state index >= 15 is 0 Å². The van der Waals surface area contributed by atoms with E-state index < -0.39 is 0 Å². The minimum atomic E-state index is -0.209. The van der Waals surface area contributed by atoms with Crippen molar-refractivity contribution in [3.05, 3.63) is 59.8 Å². The summed E-state index contributed by atoms with van der Waals surface area (Å²) in [5.41, 5.74) is 2.81. The molecule has 0 amide bonds. The summed E-state index contributed by atoms with van der Waals surface area (Å²) >= 11 is 0. The number of aliphatic hydroxyl groups is 1. The molecule has 0 aliphatic rings. The topological polar surface area (TPSA) is 88.5 Å². The Kier molecular flexibility index (Phi) is 4.74. The van der Waals surface area contributed by atoms with Gasteiger partial charge in [0.05, 0.1) is 6.61 Å². The van der Waals surface area contributed by atoms with Crippen molar-refractivity contribution in [3.8, 4) is 11.5 Å². The van der Waals surface area contributed by atoms with Crippen molar-refractivity contribution in [1.29, 1.82) is 0 Å². The Bertz CT molecular complexity index is 828. The van der Waals surface area contributed by atoms with Gasteiger partial charge < -0.3 is 25.6 Å². The molecule has 0 bridgehead atoms. The van der Waals surface area contributed by atoms with E-state index in [1.807, 2.05) is 31.3 Å². The second kappa shape index (κ2) is 6.95. The van der Waals surface area contributed by atoms with Gasteiger partial charge >= 0.3 is 0 Å².